The Balaban J connectivity index is 2.36. The first-order valence-electron chi connectivity index (χ1n) is 3.72. The maximum atomic E-state index is 11.0. The predicted octanol–water partition coefficient (Wildman–Crippen LogP) is 0.337. The summed E-state index contributed by atoms with van der Waals surface area (Å²) in [4.78, 5) is 23.0. The van der Waals surface area contributed by atoms with E-state index in [2.05, 4.69) is 5.32 Å². The van der Waals surface area contributed by atoms with Crippen LogP contribution in [0.4, 0.5) is 4.79 Å². The minimum atomic E-state index is -0.267. The van der Waals surface area contributed by atoms with E-state index < -0.39 is 0 Å². The third-order valence-electron chi connectivity index (χ3n) is 1.51. The Hall–Kier alpha value is -1.06. The maximum absolute atomic E-state index is 11.0. The van der Waals surface area contributed by atoms with Crippen LogP contribution in [0.2, 0.25) is 0 Å². The molecule has 1 aliphatic rings. The normalized spacial score (nSPS) is 16.6. The van der Waals surface area contributed by atoms with Crippen LogP contribution in [0.5, 0.6) is 0 Å². The lowest BCUT2D eigenvalue weighted by Crippen LogP contribution is -2.53. The zero-order valence-corrected chi connectivity index (χ0v) is 6.76. The smallest absolute Gasteiger partial charge is 0.324 e. The first kappa shape index (κ1) is 8.04. The van der Waals surface area contributed by atoms with E-state index in [1.165, 1.54) is 4.90 Å². The number of nitrogens with zero attached hydrogens (tertiary/aromatic N) is 1. The first-order chi connectivity index (χ1) is 5.11. The number of carbonyl (C=O) groups is 2. The fourth-order valence-electron chi connectivity index (χ4n) is 0.855. The number of hydrogen-bond donors (Lipinski definition) is 1. The van der Waals surface area contributed by atoms with Crippen LogP contribution in [0.1, 0.15) is 20.3 Å². The Labute approximate surface area is 65.6 Å². The van der Waals surface area contributed by atoms with Crippen LogP contribution in [0.15, 0.2) is 0 Å². The lowest BCUT2D eigenvalue weighted by atomic mass is 10.2. The summed E-state index contributed by atoms with van der Waals surface area (Å²) in [5.41, 5.74) is 0. The van der Waals surface area contributed by atoms with Gasteiger partial charge in [0, 0.05) is 19.0 Å². The van der Waals surface area contributed by atoms with Crippen molar-refractivity contribution in [3.05, 3.63) is 0 Å². The van der Waals surface area contributed by atoms with Crippen LogP contribution < -0.4 is 5.32 Å². The Morgan fingerprint density at radius 2 is 2.27 bits per heavy atom. The molecule has 11 heavy (non-hydrogen) atoms. The molecule has 62 valence electrons. The summed E-state index contributed by atoms with van der Waals surface area (Å²) >= 11 is 0. The SMILES string of the molecule is CC(C)NC(=O)N1CCC1=O. The molecule has 0 radical (unpaired) electrons. The molecule has 1 aliphatic heterocycles. The second-order valence-corrected chi connectivity index (χ2v) is 2.90. The predicted molar refractivity (Wildman–Crippen MR) is 40.0 cm³/mol. The molecule has 0 aromatic heterocycles. The number of β-lactam (4-membered cyclic amide) rings is 1. The molecule has 1 heterocycles. The van der Waals surface area contributed by atoms with Crippen LogP contribution >= 0.6 is 0 Å². The van der Waals surface area contributed by atoms with Gasteiger partial charge in [-0.05, 0) is 13.8 Å². The fraction of sp³-hybridized carbons (Fsp3) is 0.714. The first-order valence-corrected chi connectivity index (χ1v) is 3.72. The van der Waals surface area contributed by atoms with Gasteiger partial charge in [0.15, 0.2) is 0 Å². The number of carbonyl (C=O) groups excluding carboxylic acids is 2. The third kappa shape index (κ3) is 1.69. The molecule has 0 aromatic rings. The standard InChI is InChI=1S/C7H12N2O2/c1-5(2)8-7(11)9-4-3-6(9)10/h5H,3-4H2,1-2H3,(H,8,11). The molecule has 1 N–H and O–H groups in total. The fourth-order valence-corrected chi connectivity index (χ4v) is 0.855. The molecule has 1 saturated heterocycles. The van der Waals surface area contributed by atoms with E-state index in [1.807, 2.05) is 13.8 Å². The van der Waals surface area contributed by atoms with Gasteiger partial charge in [0.2, 0.25) is 5.91 Å². The number of rotatable bonds is 1. The van der Waals surface area contributed by atoms with Gasteiger partial charge in [0.25, 0.3) is 0 Å². The van der Waals surface area contributed by atoms with Crippen LogP contribution in [0.3, 0.4) is 0 Å². The van der Waals surface area contributed by atoms with Gasteiger partial charge in [0.1, 0.15) is 0 Å². The Morgan fingerprint density at radius 3 is 2.55 bits per heavy atom. The molecule has 0 atom stereocenters. The zero-order chi connectivity index (χ0) is 8.43. The van der Waals surface area contributed by atoms with Gasteiger partial charge >= 0.3 is 6.03 Å². The summed E-state index contributed by atoms with van der Waals surface area (Å²) in [5.74, 6) is -0.0804. The number of amides is 3. The average Bonchev–Trinajstić information content (AvgIpc) is 1.82. The summed E-state index contributed by atoms with van der Waals surface area (Å²) in [6.07, 6.45) is 0.505. The van der Waals surface area contributed by atoms with Crippen molar-refractivity contribution in [1.82, 2.24) is 10.2 Å². The molecule has 0 aromatic carbocycles. The van der Waals surface area contributed by atoms with E-state index in [0.717, 1.165) is 0 Å². The van der Waals surface area contributed by atoms with Gasteiger partial charge in [-0.25, -0.2) is 4.79 Å². The van der Waals surface area contributed by atoms with Crippen LogP contribution in [-0.2, 0) is 4.79 Å². The quantitative estimate of drug-likeness (QED) is 0.556. The van der Waals surface area contributed by atoms with Crippen molar-refractivity contribution >= 4 is 11.9 Å². The van der Waals surface area contributed by atoms with Gasteiger partial charge < -0.3 is 5.32 Å². The number of nitrogens with one attached hydrogen (secondary N) is 1. The highest BCUT2D eigenvalue weighted by atomic mass is 16.2. The molecular weight excluding hydrogens is 144 g/mol. The minimum Gasteiger partial charge on any atom is -0.335 e. The van der Waals surface area contributed by atoms with Crippen molar-refractivity contribution in [1.29, 1.82) is 0 Å². The van der Waals surface area contributed by atoms with Gasteiger partial charge in [-0.1, -0.05) is 0 Å². The van der Waals surface area contributed by atoms with Crippen molar-refractivity contribution in [2.24, 2.45) is 0 Å². The summed E-state index contributed by atoms with van der Waals surface area (Å²) in [7, 11) is 0. The topological polar surface area (TPSA) is 49.4 Å². The maximum Gasteiger partial charge on any atom is 0.324 e. The second-order valence-electron chi connectivity index (χ2n) is 2.90. The van der Waals surface area contributed by atoms with Crippen molar-refractivity contribution in [2.75, 3.05) is 6.54 Å². The van der Waals surface area contributed by atoms with Crippen molar-refractivity contribution in [3.8, 4) is 0 Å². The van der Waals surface area contributed by atoms with E-state index >= 15 is 0 Å². The molecule has 4 nitrogen and oxygen atoms in total. The van der Waals surface area contributed by atoms with Crippen LogP contribution in [0, 0.1) is 0 Å². The molecule has 0 aliphatic carbocycles. The molecule has 1 fully saturated rings. The highest BCUT2D eigenvalue weighted by Gasteiger charge is 2.29. The largest absolute Gasteiger partial charge is 0.335 e. The second kappa shape index (κ2) is 2.90. The summed E-state index contributed by atoms with van der Waals surface area (Å²) in [6, 6.07) is -0.174. The number of likely N-dealkylation sites (tertiary alicyclic amines) is 1. The molecule has 0 spiro atoms. The van der Waals surface area contributed by atoms with Gasteiger partial charge in [-0.2, -0.15) is 0 Å². The van der Waals surface area contributed by atoms with Gasteiger partial charge in [-0.3, -0.25) is 9.69 Å². The number of hydrogen-bond acceptors (Lipinski definition) is 2. The minimum absolute atomic E-state index is 0.0804. The zero-order valence-electron chi connectivity index (χ0n) is 6.76. The summed E-state index contributed by atoms with van der Waals surface area (Å²) < 4.78 is 0. The lowest BCUT2D eigenvalue weighted by molar-refractivity contribution is -0.135. The molecule has 1 rings (SSSR count). The third-order valence-corrected chi connectivity index (χ3v) is 1.51. The molecule has 0 unspecified atom stereocenters. The lowest BCUT2D eigenvalue weighted by Gasteiger charge is -2.29. The van der Waals surface area contributed by atoms with Gasteiger partial charge in [0.05, 0.1) is 0 Å². The van der Waals surface area contributed by atoms with Crippen LogP contribution in [0.25, 0.3) is 0 Å². The van der Waals surface area contributed by atoms with Gasteiger partial charge in [-0.15, -0.1) is 0 Å². The Kier molecular flexibility index (Phi) is 2.12. The Morgan fingerprint density at radius 1 is 1.64 bits per heavy atom. The molecule has 3 amide bonds. The molecular formula is C7H12N2O2. The molecule has 0 saturated carbocycles. The number of urea groups is 1. The van der Waals surface area contributed by atoms with E-state index in [9.17, 15) is 9.59 Å². The monoisotopic (exact) mass is 156 g/mol. The highest BCUT2D eigenvalue weighted by Crippen LogP contribution is 2.07. The molecule has 0 bridgehead atoms. The van der Waals surface area contributed by atoms with E-state index in [-0.39, 0.29) is 18.0 Å². The summed E-state index contributed by atoms with van der Waals surface area (Å²) in [6.45, 7) is 4.29. The van der Waals surface area contributed by atoms with E-state index in [4.69, 9.17) is 0 Å². The average molecular weight is 156 g/mol. The van der Waals surface area contributed by atoms with Crippen molar-refractivity contribution in [3.63, 3.8) is 0 Å². The Bertz CT molecular complexity index is 189. The van der Waals surface area contributed by atoms with E-state index in [1.54, 1.807) is 0 Å². The molecule has 4 heteroatoms. The van der Waals surface area contributed by atoms with Crippen LogP contribution in [-0.4, -0.2) is 29.4 Å². The van der Waals surface area contributed by atoms with Crippen molar-refractivity contribution in [2.45, 2.75) is 26.3 Å². The highest BCUT2D eigenvalue weighted by molar-refractivity contribution is 5.98. The van der Waals surface area contributed by atoms with Crippen molar-refractivity contribution < 1.29 is 9.59 Å². The van der Waals surface area contributed by atoms with E-state index in [0.29, 0.717) is 13.0 Å². The summed E-state index contributed by atoms with van der Waals surface area (Å²) in [5, 5.41) is 2.64. The number of imide groups is 1.